The van der Waals surface area contributed by atoms with Gasteiger partial charge in [0.05, 0.1) is 0 Å². The molecule has 0 unspecified atom stereocenters. The summed E-state index contributed by atoms with van der Waals surface area (Å²) in [5, 5.41) is 0. The Labute approximate surface area is 76.0 Å². The molecule has 0 saturated carbocycles. The van der Waals surface area contributed by atoms with Gasteiger partial charge in [0.2, 0.25) is 0 Å². The summed E-state index contributed by atoms with van der Waals surface area (Å²) in [6.07, 6.45) is 0.239. The molecule has 0 N–H and O–H groups in total. The summed E-state index contributed by atoms with van der Waals surface area (Å²) in [5.74, 6) is -0.994. The fraction of sp³-hybridized carbons (Fsp3) is 0.571. The van der Waals surface area contributed by atoms with Gasteiger partial charge in [-0.05, 0) is 6.92 Å². The van der Waals surface area contributed by atoms with E-state index in [4.69, 9.17) is 0 Å². The maximum absolute atomic E-state index is 10.5. The Morgan fingerprint density at radius 3 is 1.73 bits per heavy atom. The molecule has 11 heavy (non-hydrogen) atoms. The number of ketones is 3. The smallest absolute Gasteiger partial charge is 0.198 e. The molecule has 0 fully saturated rings. The molecule has 0 aromatic heterocycles. The number of carbonyl (C=O) groups excluding carboxylic acids is 3. The van der Waals surface area contributed by atoms with E-state index in [1.807, 2.05) is 0 Å². The van der Waals surface area contributed by atoms with Gasteiger partial charge in [0.25, 0.3) is 0 Å². The summed E-state index contributed by atoms with van der Waals surface area (Å²) >= 11 is 0. The van der Waals surface area contributed by atoms with E-state index in [0.29, 0.717) is 0 Å². The molecule has 0 aliphatic heterocycles. The minimum atomic E-state index is -0.471. The molecular weight excluding hydrogens is 196 g/mol. The van der Waals surface area contributed by atoms with Crippen LogP contribution in [-0.4, -0.2) is 17.3 Å². The van der Waals surface area contributed by atoms with Crippen LogP contribution in [0.25, 0.3) is 0 Å². The molecule has 0 bridgehead atoms. The Morgan fingerprint density at radius 1 is 1.00 bits per heavy atom. The first kappa shape index (κ1) is 13.1. The van der Waals surface area contributed by atoms with Crippen LogP contribution < -0.4 is 0 Å². The number of carbonyl (C=O) groups is 3. The van der Waals surface area contributed by atoms with Crippen LogP contribution >= 0.6 is 0 Å². The summed E-state index contributed by atoms with van der Waals surface area (Å²) < 4.78 is 0. The van der Waals surface area contributed by atoms with Gasteiger partial charge in [-0.3, -0.25) is 9.59 Å². The van der Waals surface area contributed by atoms with Gasteiger partial charge in [0.15, 0.2) is 11.6 Å². The average Bonchev–Trinajstić information content (AvgIpc) is 1.82. The predicted octanol–water partition coefficient (Wildman–Crippen LogP) is 0.511. The van der Waals surface area contributed by atoms with E-state index in [-0.39, 0.29) is 35.7 Å². The van der Waals surface area contributed by atoms with E-state index in [1.165, 1.54) is 13.8 Å². The fourth-order valence-electron chi connectivity index (χ4n) is 0.466. The molecule has 0 aliphatic rings. The van der Waals surface area contributed by atoms with Crippen molar-refractivity contribution in [1.29, 1.82) is 0 Å². The van der Waals surface area contributed by atoms with Crippen LogP contribution in [0.3, 0.4) is 0 Å². The van der Waals surface area contributed by atoms with Crippen LogP contribution in [0.4, 0.5) is 0 Å². The van der Waals surface area contributed by atoms with Crippen molar-refractivity contribution in [2.24, 2.45) is 0 Å². The summed E-state index contributed by atoms with van der Waals surface area (Å²) in [7, 11) is 0. The monoisotopic (exact) mass is 205 g/mol. The number of rotatable bonds is 4. The Balaban J connectivity index is 0. The summed E-state index contributed by atoms with van der Waals surface area (Å²) in [4.78, 5) is 31.1. The minimum absolute atomic E-state index is 0. The molecule has 0 rings (SSSR count). The molecule has 0 saturated heterocycles. The topological polar surface area (TPSA) is 51.2 Å². The van der Waals surface area contributed by atoms with Crippen LogP contribution in [0.2, 0.25) is 0 Å². The molecule has 0 atom stereocenters. The molecule has 3 nitrogen and oxygen atoms in total. The number of hydrogen-bond donors (Lipinski definition) is 0. The molecule has 0 spiro atoms. The first-order valence-electron chi connectivity index (χ1n) is 3.07. The van der Waals surface area contributed by atoms with Crippen molar-refractivity contribution in [2.45, 2.75) is 26.7 Å². The normalized spacial score (nSPS) is 8.18. The van der Waals surface area contributed by atoms with Gasteiger partial charge < -0.3 is 4.79 Å². The van der Waals surface area contributed by atoms with Crippen molar-refractivity contribution >= 4 is 17.3 Å². The molecule has 0 amide bonds. The molecular formula is C7H10CuO3. The number of hydrogen-bond acceptors (Lipinski definition) is 3. The van der Waals surface area contributed by atoms with Crippen molar-refractivity contribution in [1.82, 2.24) is 0 Å². The Morgan fingerprint density at radius 2 is 1.45 bits per heavy atom. The molecule has 0 heterocycles. The van der Waals surface area contributed by atoms with E-state index >= 15 is 0 Å². The minimum Gasteiger partial charge on any atom is -0.300 e. The van der Waals surface area contributed by atoms with Crippen LogP contribution in [0, 0.1) is 0 Å². The Bertz CT molecular complexity index is 175. The standard InChI is InChI=1S/C7H10O3.Cu/c1-5(8)3-4-7(10)6(2)9;/h3-4H2,1-2H3;. The van der Waals surface area contributed by atoms with Crippen LogP contribution in [0.15, 0.2) is 0 Å². The average molecular weight is 206 g/mol. The molecule has 1 radical (unpaired) electrons. The van der Waals surface area contributed by atoms with Crippen LogP contribution in [0.5, 0.6) is 0 Å². The summed E-state index contributed by atoms with van der Waals surface area (Å²) in [6.45, 7) is 2.61. The van der Waals surface area contributed by atoms with Crippen molar-refractivity contribution in [3.8, 4) is 0 Å². The number of Topliss-reactive ketones (excluding diaryl/α,β-unsaturated/α-hetero) is 3. The van der Waals surface area contributed by atoms with Crippen molar-refractivity contribution < 1.29 is 31.5 Å². The third-order valence-corrected chi connectivity index (χ3v) is 1.10. The van der Waals surface area contributed by atoms with Crippen molar-refractivity contribution in [3.05, 3.63) is 0 Å². The zero-order valence-corrected chi connectivity index (χ0v) is 7.38. The second-order valence-electron chi connectivity index (χ2n) is 2.18. The molecule has 67 valence electrons. The summed E-state index contributed by atoms with van der Waals surface area (Å²) in [5.41, 5.74) is 0. The van der Waals surface area contributed by atoms with Gasteiger partial charge in [-0.25, -0.2) is 0 Å². The SMILES string of the molecule is CC(=O)CCC(=O)C(C)=O.[Cu]. The van der Waals surface area contributed by atoms with Crippen LogP contribution in [-0.2, 0) is 31.5 Å². The molecule has 0 aromatic rings. The molecule has 0 aromatic carbocycles. The van der Waals surface area contributed by atoms with Gasteiger partial charge >= 0.3 is 0 Å². The van der Waals surface area contributed by atoms with Crippen molar-refractivity contribution in [3.63, 3.8) is 0 Å². The summed E-state index contributed by atoms with van der Waals surface area (Å²) in [6, 6.07) is 0. The second-order valence-corrected chi connectivity index (χ2v) is 2.18. The third kappa shape index (κ3) is 7.43. The quantitative estimate of drug-likeness (QED) is 0.497. The van der Waals surface area contributed by atoms with E-state index in [1.54, 1.807) is 0 Å². The van der Waals surface area contributed by atoms with Gasteiger partial charge in [-0.2, -0.15) is 0 Å². The van der Waals surface area contributed by atoms with Crippen LogP contribution in [0.1, 0.15) is 26.7 Å². The van der Waals surface area contributed by atoms with Gasteiger partial charge in [-0.1, -0.05) is 0 Å². The zero-order valence-electron chi connectivity index (χ0n) is 6.44. The van der Waals surface area contributed by atoms with E-state index < -0.39 is 11.6 Å². The molecule has 0 aliphatic carbocycles. The van der Waals surface area contributed by atoms with Gasteiger partial charge in [-0.15, -0.1) is 0 Å². The van der Waals surface area contributed by atoms with E-state index in [9.17, 15) is 14.4 Å². The maximum atomic E-state index is 10.5. The van der Waals surface area contributed by atoms with Crippen molar-refractivity contribution in [2.75, 3.05) is 0 Å². The van der Waals surface area contributed by atoms with E-state index in [2.05, 4.69) is 0 Å². The first-order chi connectivity index (χ1) is 4.54. The van der Waals surface area contributed by atoms with Gasteiger partial charge in [0.1, 0.15) is 5.78 Å². The fourth-order valence-corrected chi connectivity index (χ4v) is 0.466. The van der Waals surface area contributed by atoms with E-state index in [0.717, 1.165) is 0 Å². The predicted molar refractivity (Wildman–Crippen MR) is 35.6 cm³/mol. The van der Waals surface area contributed by atoms with Gasteiger partial charge in [0, 0.05) is 36.8 Å². The third-order valence-electron chi connectivity index (χ3n) is 1.10. The Hall–Kier alpha value is -0.471. The second kappa shape index (κ2) is 6.25. The zero-order chi connectivity index (χ0) is 8.15. The first-order valence-corrected chi connectivity index (χ1v) is 3.07. The Kier molecular flexibility index (Phi) is 7.47. The maximum Gasteiger partial charge on any atom is 0.198 e. The largest absolute Gasteiger partial charge is 0.300 e. The molecule has 4 heteroatoms.